The number of aromatic amines is 1. The molecule has 0 atom stereocenters. The van der Waals surface area contributed by atoms with Gasteiger partial charge in [0, 0.05) is 31.6 Å². The van der Waals surface area contributed by atoms with Crippen molar-refractivity contribution in [3.05, 3.63) is 29.5 Å². The standard InChI is InChI=1S/C17H23N5O2/c1-11-7-12-9-19-21-16(12)14(8-11)17(24)20-13-3-5-22(6-4-13)10-15(23)18-2/h7-9,13H,3-6,10H2,1-2H3,(H,18,23)(H,19,21)(H,20,24). The molecular weight excluding hydrogens is 306 g/mol. The van der Waals surface area contributed by atoms with Crippen LogP contribution in [-0.4, -0.2) is 59.6 Å². The lowest BCUT2D eigenvalue weighted by Crippen LogP contribution is -2.47. The summed E-state index contributed by atoms with van der Waals surface area (Å²) in [5.74, 6) is -0.0448. The molecule has 2 heterocycles. The summed E-state index contributed by atoms with van der Waals surface area (Å²) in [4.78, 5) is 26.2. The van der Waals surface area contributed by atoms with Gasteiger partial charge in [0.1, 0.15) is 0 Å². The molecule has 1 aromatic carbocycles. The van der Waals surface area contributed by atoms with Crippen molar-refractivity contribution >= 4 is 22.7 Å². The van der Waals surface area contributed by atoms with Crippen molar-refractivity contribution < 1.29 is 9.59 Å². The molecule has 0 unspecified atom stereocenters. The van der Waals surface area contributed by atoms with Crippen LogP contribution in [0.25, 0.3) is 10.9 Å². The fraction of sp³-hybridized carbons (Fsp3) is 0.471. The fourth-order valence-corrected chi connectivity index (χ4v) is 3.17. The SMILES string of the molecule is CNC(=O)CN1CCC(NC(=O)c2cc(C)cc3cn[nH]c23)CC1. The zero-order valence-corrected chi connectivity index (χ0v) is 14.1. The molecule has 1 aliphatic heterocycles. The Morgan fingerprint density at radius 2 is 2.08 bits per heavy atom. The summed E-state index contributed by atoms with van der Waals surface area (Å²) in [6, 6.07) is 4.03. The number of carbonyl (C=O) groups excluding carboxylic acids is 2. The van der Waals surface area contributed by atoms with Crippen molar-refractivity contribution in [1.29, 1.82) is 0 Å². The zero-order chi connectivity index (χ0) is 17.1. The molecule has 128 valence electrons. The summed E-state index contributed by atoms with van der Waals surface area (Å²) in [6.07, 6.45) is 3.43. The van der Waals surface area contributed by atoms with Crippen LogP contribution in [0.15, 0.2) is 18.3 Å². The molecule has 0 aliphatic carbocycles. The van der Waals surface area contributed by atoms with Gasteiger partial charge in [0.15, 0.2) is 0 Å². The lowest BCUT2D eigenvalue weighted by Gasteiger charge is -2.31. The predicted molar refractivity (Wildman–Crippen MR) is 91.8 cm³/mol. The van der Waals surface area contributed by atoms with Crippen molar-refractivity contribution in [2.24, 2.45) is 0 Å². The predicted octanol–water partition coefficient (Wildman–Crippen LogP) is 0.812. The Bertz CT molecular complexity index is 747. The van der Waals surface area contributed by atoms with Gasteiger partial charge in [-0.2, -0.15) is 5.10 Å². The van der Waals surface area contributed by atoms with Crippen LogP contribution >= 0.6 is 0 Å². The van der Waals surface area contributed by atoms with E-state index in [2.05, 4.69) is 25.7 Å². The molecule has 1 aromatic heterocycles. The smallest absolute Gasteiger partial charge is 0.253 e. The molecule has 0 radical (unpaired) electrons. The number of hydrogen-bond donors (Lipinski definition) is 3. The number of benzene rings is 1. The Kier molecular flexibility index (Phi) is 4.80. The number of aromatic nitrogens is 2. The van der Waals surface area contributed by atoms with Crippen molar-refractivity contribution in [1.82, 2.24) is 25.7 Å². The summed E-state index contributed by atoms with van der Waals surface area (Å²) in [6.45, 7) is 4.02. The summed E-state index contributed by atoms with van der Waals surface area (Å²) in [5.41, 5.74) is 2.44. The van der Waals surface area contributed by atoms with E-state index in [0.717, 1.165) is 42.4 Å². The third-order valence-corrected chi connectivity index (χ3v) is 4.51. The van der Waals surface area contributed by atoms with Crippen LogP contribution in [0.4, 0.5) is 0 Å². The Morgan fingerprint density at radius 1 is 1.33 bits per heavy atom. The highest BCUT2D eigenvalue weighted by Gasteiger charge is 2.23. The molecule has 3 N–H and O–H groups in total. The zero-order valence-electron chi connectivity index (χ0n) is 14.1. The van der Waals surface area contributed by atoms with Crippen LogP contribution in [0.5, 0.6) is 0 Å². The van der Waals surface area contributed by atoms with Crippen LogP contribution in [0, 0.1) is 6.92 Å². The number of carbonyl (C=O) groups is 2. The summed E-state index contributed by atoms with van der Waals surface area (Å²) in [5, 5.41) is 13.6. The normalized spacial score (nSPS) is 16.2. The highest BCUT2D eigenvalue weighted by molar-refractivity contribution is 6.05. The number of likely N-dealkylation sites (tertiary alicyclic amines) is 1. The molecule has 1 fully saturated rings. The molecule has 3 rings (SSSR count). The Hall–Kier alpha value is -2.41. The molecule has 2 aromatic rings. The topological polar surface area (TPSA) is 90.1 Å². The van der Waals surface area contributed by atoms with E-state index in [9.17, 15) is 9.59 Å². The van der Waals surface area contributed by atoms with Gasteiger partial charge in [-0.05, 0) is 37.5 Å². The lowest BCUT2D eigenvalue weighted by molar-refractivity contribution is -0.122. The van der Waals surface area contributed by atoms with Gasteiger partial charge in [-0.3, -0.25) is 19.6 Å². The Balaban J connectivity index is 1.61. The van der Waals surface area contributed by atoms with E-state index < -0.39 is 0 Å². The van der Waals surface area contributed by atoms with Gasteiger partial charge >= 0.3 is 0 Å². The van der Waals surface area contributed by atoms with Crippen molar-refractivity contribution in [2.75, 3.05) is 26.7 Å². The number of likely N-dealkylation sites (N-methyl/N-ethyl adjacent to an activating group) is 1. The maximum Gasteiger partial charge on any atom is 0.253 e. The number of hydrogen-bond acceptors (Lipinski definition) is 4. The van der Waals surface area contributed by atoms with Crippen LogP contribution < -0.4 is 10.6 Å². The minimum absolute atomic E-state index is 0.0267. The summed E-state index contributed by atoms with van der Waals surface area (Å²) >= 11 is 0. The first-order valence-corrected chi connectivity index (χ1v) is 8.24. The molecule has 0 spiro atoms. The van der Waals surface area contributed by atoms with E-state index in [-0.39, 0.29) is 17.9 Å². The van der Waals surface area contributed by atoms with Crippen LogP contribution in [0.2, 0.25) is 0 Å². The Labute approximate surface area is 140 Å². The van der Waals surface area contributed by atoms with Crippen molar-refractivity contribution in [3.63, 3.8) is 0 Å². The second-order valence-electron chi connectivity index (χ2n) is 6.34. The number of rotatable bonds is 4. The van der Waals surface area contributed by atoms with Crippen LogP contribution in [0.3, 0.4) is 0 Å². The largest absolute Gasteiger partial charge is 0.358 e. The molecule has 0 bridgehead atoms. The highest BCUT2D eigenvalue weighted by Crippen LogP contribution is 2.19. The average molecular weight is 329 g/mol. The maximum absolute atomic E-state index is 12.6. The van der Waals surface area contributed by atoms with Crippen LogP contribution in [-0.2, 0) is 4.79 Å². The van der Waals surface area contributed by atoms with Gasteiger partial charge in [-0.15, -0.1) is 0 Å². The third kappa shape index (κ3) is 3.56. The first-order chi connectivity index (χ1) is 11.6. The second-order valence-corrected chi connectivity index (χ2v) is 6.34. The van der Waals surface area contributed by atoms with Gasteiger partial charge in [0.05, 0.1) is 23.8 Å². The van der Waals surface area contributed by atoms with Gasteiger partial charge in [-0.1, -0.05) is 0 Å². The van der Waals surface area contributed by atoms with Crippen molar-refractivity contribution in [3.8, 4) is 0 Å². The quantitative estimate of drug-likeness (QED) is 0.774. The maximum atomic E-state index is 12.6. The first-order valence-electron chi connectivity index (χ1n) is 8.24. The highest BCUT2D eigenvalue weighted by atomic mass is 16.2. The molecule has 2 amide bonds. The van der Waals surface area contributed by atoms with Gasteiger partial charge in [-0.25, -0.2) is 0 Å². The number of nitrogens with one attached hydrogen (secondary N) is 3. The first kappa shape index (κ1) is 16.4. The van der Waals surface area contributed by atoms with E-state index in [1.165, 1.54) is 0 Å². The second kappa shape index (κ2) is 7.00. The molecular formula is C17H23N5O2. The van der Waals surface area contributed by atoms with Gasteiger partial charge < -0.3 is 10.6 Å². The lowest BCUT2D eigenvalue weighted by atomic mass is 10.0. The molecule has 24 heavy (non-hydrogen) atoms. The summed E-state index contributed by atoms with van der Waals surface area (Å²) < 4.78 is 0. The monoisotopic (exact) mass is 329 g/mol. The van der Waals surface area contributed by atoms with Gasteiger partial charge in [0.2, 0.25) is 5.91 Å². The van der Waals surface area contributed by atoms with E-state index >= 15 is 0 Å². The van der Waals surface area contributed by atoms with Crippen molar-refractivity contribution in [2.45, 2.75) is 25.8 Å². The minimum Gasteiger partial charge on any atom is -0.358 e. The van der Waals surface area contributed by atoms with E-state index in [1.54, 1.807) is 13.2 Å². The molecule has 7 nitrogen and oxygen atoms in total. The Morgan fingerprint density at radius 3 is 2.79 bits per heavy atom. The van der Waals surface area contributed by atoms with E-state index in [0.29, 0.717) is 12.1 Å². The van der Waals surface area contributed by atoms with E-state index in [4.69, 9.17) is 0 Å². The van der Waals surface area contributed by atoms with Crippen LogP contribution in [0.1, 0.15) is 28.8 Å². The number of amides is 2. The average Bonchev–Trinajstić information content (AvgIpc) is 3.03. The molecule has 7 heteroatoms. The number of piperidine rings is 1. The number of H-pyrrole nitrogens is 1. The number of fused-ring (bicyclic) bond motifs is 1. The molecule has 1 saturated heterocycles. The number of nitrogens with zero attached hydrogens (tertiary/aromatic N) is 2. The summed E-state index contributed by atoms with van der Waals surface area (Å²) in [7, 11) is 1.65. The molecule has 0 saturated carbocycles. The molecule has 1 aliphatic rings. The number of aryl methyl sites for hydroxylation is 1. The van der Waals surface area contributed by atoms with Gasteiger partial charge in [0.25, 0.3) is 5.91 Å². The third-order valence-electron chi connectivity index (χ3n) is 4.51. The van der Waals surface area contributed by atoms with E-state index in [1.807, 2.05) is 19.1 Å². The fourth-order valence-electron chi connectivity index (χ4n) is 3.17. The minimum atomic E-state index is -0.0716.